The molecule has 0 N–H and O–H groups in total. The molecule has 0 aliphatic rings. The van der Waals surface area contributed by atoms with E-state index in [1.165, 1.54) is 0 Å². The van der Waals surface area contributed by atoms with Crippen LogP contribution in [0.2, 0.25) is 5.02 Å². The number of hydrogen-bond donors (Lipinski definition) is 0. The van der Waals surface area contributed by atoms with Crippen LogP contribution in [0, 0.1) is 5.92 Å². The number of ether oxygens (including phenoxy) is 2. The maximum atomic E-state index is 11.8. The van der Waals surface area contributed by atoms with Crippen LogP contribution in [0.5, 0.6) is 5.75 Å². The number of hydrogen-bond acceptors (Lipinski definition) is 4. The number of nitrogens with zero attached hydrogens (tertiary/aromatic N) is 1. The van der Waals surface area contributed by atoms with Crippen LogP contribution in [0.25, 0.3) is 10.9 Å². The van der Waals surface area contributed by atoms with Gasteiger partial charge in [-0.1, -0.05) is 25.4 Å². The van der Waals surface area contributed by atoms with Crippen molar-refractivity contribution < 1.29 is 14.3 Å². The molecule has 5 heteroatoms. The molecule has 2 rings (SSSR count). The Morgan fingerprint density at radius 2 is 2.05 bits per heavy atom. The summed E-state index contributed by atoms with van der Waals surface area (Å²) in [6.07, 6.45) is 2.38. The number of fused-ring (bicyclic) bond motifs is 1. The molecule has 1 aromatic heterocycles. The Labute approximate surface area is 135 Å². The van der Waals surface area contributed by atoms with Gasteiger partial charge in [0.1, 0.15) is 11.3 Å². The van der Waals surface area contributed by atoms with Gasteiger partial charge in [0.15, 0.2) is 6.61 Å². The van der Waals surface area contributed by atoms with Crippen LogP contribution in [0.3, 0.4) is 0 Å². The number of pyridine rings is 1. The first-order valence-corrected chi connectivity index (χ1v) is 7.70. The lowest BCUT2D eigenvalue weighted by Crippen LogP contribution is -2.22. The fourth-order valence-corrected chi connectivity index (χ4v) is 2.55. The first-order chi connectivity index (χ1) is 10.5. The van der Waals surface area contributed by atoms with E-state index in [2.05, 4.69) is 18.8 Å². The summed E-state index contributed by atoms with van der Waals surface area (Å²) >= 11 is 6.12. The monoisotopic (exact) mass is 321 g/mol. The summed E-state index contributed by atoms with van der Waals surface area (Å²) in [4.78, 5) is 16.1. The summed E-state index contributed by atoms with van der Waals surface area (Å²) < 4.78 is 10.9. The average molecular weight is 322 g/mol. The second-order valence-electron chi connectivity index (χ2n) is 5.66. The molecular formula is C17H20ClNO3. The summed E-state index contributed by atoms with van der Waals surface area (Å²) in [5.41, 5.74) is 0.637. The van der Waals surface area contributed by atoms with Crippen LogP contribution in [0.15, 0.2) is 30.5 Å². The summed E-state index contributed by atoms with van der Waals surface area (Å²) in [6.45, 7) is 5.92. The molecular weight excluding hydrogens is 302 g/mol. The SMILES string of the molecule is CC(C)CC(C)OC(=O)COc1ccc(Cl)c2cccnc12. The van der Waals surface area contributed by atoms with Gasteiger partial charge in [-0.15, -0.1) is 0 Å². The molecule has 1 atom stereocenters. The van der Waals surface area contributed by atoms with Gasteiger partial charge in [0.2, 0.25) is 0 Å². The van der Waals surface area contributed by atoms with Gasteiger partial charge in [-0.3, -0.25) is 4.98 Å². The van der Waals surface area contributed by atoms with Crippen molar-refractivity contribution in [2.24, 2.45) is 5.92 Å². The smallest absolute Gasteiger partial charge is 0.344 e. The van der Waals surface area contributed by atoms with E-state index in [9.17, 15) is 4.79 Å². The fourth-order valence-electron chi connectivity index (χ4n) is 2.34. The van der Waals surface area contributed by atoms with E-state index in [4.69, 9.17) is 21.1 Å². The Bertz CT molecular complexity index is 657. The summed E-state index contributed by atoms with van der Waals surface area (Å²) in [6, 6.07) is 7.11. The van der Waals surface area contributed by atoms with Gasteiger partial charge in [-0.05, 0) is 43.5 Å². The number of esters is 1. The van der Waals surface area contributed by atoms with Crippen LogP contribution in [-0.4, -0.2) is 23.7 Å². The zero-order valence-corrected chi connectivity index (χ0v) is 13.8. The second kappa shape index (κ2) is 7.45. The van der Waals surface area contributed by atoms with E-state index in [1.807, 2.05) is 13.0 Å². The molecule has 118 valence electrons. The zero-order chi connectivity index (χ0) is 16.1. The van der Waals surface area contributed by atoms with Crippen LogP contribution in [0.4, 0.5) is 0 Å². The zero-order valence-electron chi connectivity index (χ0n) is 13.0. The Hall–Kier alpha value is -1.81. The molecule has 4 nitrogen and oxygen atoms in total. The molecule has 0 spiro atoms. The van der Waals surface area contributed by atoms with Crippen molar-refractivity contribution in [2.75, 3.05) is 6.61 Å². The predicted octanol–water partition coefficient (Wildman–Crippen LogP) is 4.24. The van der Waals surface area contributed by atoms with Gasteiger partial charge in [0.05, 0.1) is 11.1 Å². The van der Waals surface area contributed by atoms with E-state index in [0.29, 0.717) is 22.2 Å². The molecule has 0 radical (unpaired) electrons. The Balaban J connectivity index is 2.00. The van der Waals surface area contributed by atoms with Crippen molar-refractivity contribution in [3.05, 3.63) is 35.5 Å². The number of rotatable bonds is 6. The van der Waals surface area contributed by atoms with Crippen molar-refractivity contribution in [3.63, 3.8) is 0 Å². The lowest BCUT2D eigenvalue weighted by atomic mass is 10.1. The molecule has 1 heterocycles. The largest absolute Gasteiger partial charge is 0.480 e. The molecule has 2 aromatic rings. The predicted molar refractivity (Wildman–Crippen MR) is 87.3 cm³/mol. The van der Waals surface area contributed by atoms with Gasteiger partial charge in [0.25, 0.3) is 0 Å². The third-order valence-corrected chi connectivity index (χ3v) is 3.49. The van der Waals surface area contributed by atoms with E-state index >= 15 is 0 Å². The number of carbonyl (C=O) groups is 1. The molecule has 0 saturated heterocycles. The van der Waals surface area contributed by atoms with E-state index in [-0.39, 0.29) is 18.7 Å². The standard InChI is InChI=1S/C17H20ClNO3/c1-11(2)9-12(3)22-16(20)10-21-15-7-6-14(18)13-5-4-8-19-17(13)15/h4-8,11-12H,9-10H2,1-3H3. The summed E-state index contributed by atoms with van der Waals surface area (Å²) in [5, 5.41) is 1.40. The van der Waals surface area contributed by atoms with Gasteiger partial charge >= 0.3 is 5.97 Å². The lowest BCUT2D eigenvalue weighted by Gasteiger charge is -2.15. The molecule has 0 bridgehead atoms. The average Bonchev–Trinajstić information content (AvgIpc) is 2.46. The number of halogens is 1. The van der Waals surface area contributed by atoms with Crippen LogP contribution < -0.4 is 4.74 Å². The molecule has 1 aromatic carbocycles. The van der Waals surface area contributed by atoms with Gasteiger partial charge in [-0.2, -0.15) is 0 Å². The van der Waals surface area contributed by atoms with Crippen LogP contribution in [-0.2, 0) is 9.53 Å². The van der Waals surface area contributed by atoms with Crippen LogP contribution in [0.1, 0.15) is 27.2 Å². The highest BCUT2D eigenvalue weighted by Crippen LogP contribution is 2.29. The first-order valence-electron chi connectivity index (χ1n) is 7.33. The Morgan fingerprint density at radius 1 is 1.27 bits per heavy atom. The highest BCUT2D eigenvalue weighted by Gasteiger charge is 2.13. The Kier molecular flexibility index (Phi) is 5.61. The third-order valence-electron chi connectivity index (χ3n) is 3.16. The van der Waals surface area contributed by atoms with Crippen LogP contribution >= 0.6 is 11.6 Å². The minimum absolute atomic E-state index is 0.115. The topological polar surface area (TPSA) is 48.4 Å². The molecule has 1 unspecified atom stereocenters. The van der Waals surface area contributed by atoms with E-state index in [1.54, 1.807) is 24.4 Å². The van der Waals surface area contributed by atoms with Crippen molar-refractivity contribution >= 4 is 28.5 Å². The van der Waals surface area contributed by atoms with Crippen molar-refractivity contribution in [1.82, 2.24) is 4.98 Å². The number of aromatic nitrogens is 1. The molecule has 22 heavy (non-hydrogen) atoms. The molecule has 0 aliphatic heterocycles. The third kappa shape index (κ3) is 4.34. The second-order valence-corrected chi connectivity index (χ2v) is 6.07. The minimum Gasteiger partial charge on any atom is -0.480 e. The molecule has 0 saturated carbocycles. The summed E-state index contributed by atoms with van der Waals surface area (Å²) in [7, 11) is 0. The van der Waals surface area contributed by atoms with Gasteiger partial charge < -0.3 is 9.47 Å². The van der Waals surface area contributed by atoms with E-state index < -0.39 is 0 Å². The van der Waals surface area contributed by atoms with Crippen molar-refractivity contribution in [2.45, 2.75) is 33.3 Å². The highest BCUT2D eigenvalue weighted by atomic mass is 35.5. The minimum atomic E-state index is -0.382. The fraction of sp³-hybridized carbons (Fsp3) is 0.412. The summed E-state index contributed by atoms with van der Waals surface area (Å²) in [5.74, 6) is 0.619. The Morgan fingerprint density at radius 3 is 2.77 bits per heavy atom. The van der Waals surface area contributed by atoms with Crippen molar-refractivity contribution in [1.29, 1.82) is 0 Å². The quantitative estimate of drug-likeness (QED) is 0.746. The molecule has 0 fully saturated rings. The number of benzene rings is 1. The normalized spacial score (nSPS) is 12.4. The lowest BCUT2D eigenvalue weighted by molar-refractivity contribution is -0.151. The van der Waals surface area contributed by atoms with Gasteiger partial charge in [0, 0.05) is 11.6 Å². The van der Waals surface area contributed by atoms with Crippen molar-refractivity contribution in [3.8, 4) is 5.75 Å². The molecule has 0 amide bonds. The maximum absolute atomic E-state index is 11.8. The maximum Gasteiger partial charge on any atom is 0.344 e. The van der Waals surface area contributed by atoms with E-state index in [0.717, 1.165) is 11.8 Å². The van der Waals surface area contributed by atoms with Gasteiger partial charge in [-0.25, -0.2) is 4.79 Å². The highest BCUT2D eigenvalue weighted by molar-refractivity contribution is 6.35. The molecule has 0 aliphatic carbocycles. The first kappa shape index (κ1) is 16.6. The number of carbonyl (C=O) groups excluding carboxylic acids is 1.